The van der Waals surface area contributed by atoms with E-state index in [0.717, 1.165) is 148 Å². The van der Waals surface area contributed by atoms with Crippen molar-refractivity contribution in [3.63, 3.8) is 0 Å². The maximum atomic E-state index is 10.2. The van der Waals surface area contributed by atoms with Gasteiger partial charge >= 0.3 is 0 Å². The van der Waals surface area contributed by atoms with Gasteiger partial charge in [-0.1, -0.05) is 109 Å². The first-order valence-electron chi connectivity index (χ1n) is 26.3. The average molecular weight is 1000 g/mol. The van der Waals surface area contributed by atoms with Crippen LogP contribution in [0.1, 0.15) is 11.1 Å². The van der Waals surface area contributed by atoms with Gasteiger partial charge in [0.1, 0.15) is 29.1 Å². The van der Waals surface area contributed by atoms with Gasteiger partial charge in [0.2, 0.25) is 0 Å². The number of para-hydroxylation sites is 3. The lowest BCUT2D eigenvalue weighted by molar-refractivity contribution is 1.29. The molecule has 0 aliphatic heterocycles. The zero-order chi connectivity index (χ0) is 51.8. The molecule has 9 heteroatoms. The predicted octanol–water partition coefficient (Wildman–Crippen LogP) is 16.9. The minimum Gasteiger partial charge on any atom is -0.292 e. The molecule has 7 heterocycles. The molecule has 0 spiro atoms. The van der Waals surface area contributed by atoms with Crippen molar-refractivity contribution in [2.75, 3.05) is 0 Å². The van der Waals surface area contributed by atoms with Gasteiger partial charge in [-0.05, 0) is 152 Å². The van der Waals surface area contributed by atoms with Crippen LogP contribution in [-0.4, -0.2) is 33.1 Å². The molecule has 7 aromatic heterocycles. The van der Waals surface area contributed by atoms with E-state index in [4.69, 9.17) is 19.9 Å². The fourth-order valence-corrected chi connectivity index (χ4v) is 13.3. The van der Waals surface area contributed by atoms with Crippen LogP contribution < -0.4 is 0 Å². The van der Waals surface area contributed by atoms with Crippen molar-refractivity contribution in [3.05, 3.63) is 224 Å². The van der Waals surface area contributed by atoms with Crippen LogP contribution in [0.5, 0.6) is 0 Å². The molecule has 0 aliphatic rings. The molecule has 0 N–H and O–H groups in total. The van der Waals surface area contributed by atoms with Gasteiger partial charge < -0.3 is 0 Å². The summed E-state index contributed by atoms with van der Waals surface area (Å²) in [5, 5.41) is 35.7. The van der Waals surface area contributed by atoms with E-state index in [1.165, 1.54) is 21.5 Å². The van der Waals surface area contributed by atoms with Crippen molar-refractivity contribution in [2.45, 2.75) is 0 Å². The Balaban J connectivity index is 0.783. The summed E-state index contributed by atoms with van der Waals surface area (Å²) in [5.41, 5.74) is 17.3. The number of nitrogens with zero attached hydrogens (tertiary/aromatic N) is 9. The minimum absolute atomic E-state index is 0.332. The van der Waals surface area contributed by atoms with E-state index < -0.39 is 0 Å². The van der Waals surface area contributed by atoms with Gasteiger partial charge in [-0.25, -0.2) is 15.0 Å². The largest absolute Gasteiger partial charge is 0.292 e. The first-order valence-corrected chi connectivity index (χ1v) is 26.3. The van der Waals surface area contributed by atoms with Crippen LogP contribution in [0.3, 0.4) is 0 Å². The molecule has 79 heavy (non-hydrogen) atoms. The van der Waals surface area contributed by atoms with E-state index in [1.807, 2.05) is 36.5 Å². The van der Waals surface area contributed by atoms with Crippen molar-refractivity contribution in [1.82, 2.24) is 33.1 Å². The second-order valence-electron chi connectivity index (χ2n) is 20.8. The van der Waals surface area contributed by atoms with Crippen LogP contribution in [0, 0.1) is 22.7 Å². The van der Waals surface area contributed by atoms with Crippen molar-refractivity contribution in [3.8, 4) is 34.4 Å². The highest BCUT2D eigenvalue weighted by Gasteiger charge is 2.22. The minimum atomic E-state index is 0.332. The van der Waals surface area contributed by atoms with E-state index in [2.05, 4.69) is 201 Å². The monoisotopic (exact) mass is 1000 g/mol. The molecule has 18 rings (SSSR count). The lowest BCUT2D eigenvalue weighted by Crippen LogP contribution is -1.95. The average Bonchev–Trinajstić information content (AvgIpc) is 4.32. The Labute approximate surface area is 446 Å². The number of fused-ring (bicyclic) bond motifs is 30. The normalized spacial score (nSPS) is 12.3. The summed E-state index contributed by atoms with van der Waals surface area (Å²) in [6.07, 6.45) is 1.88. The summed E-state index contributed by atoms with van der Waals surface area (Å²) in [6, 6.07) is 77.5. The van der Waals surface area contributed by atoms with Crippen molar-refractivity contribution < 1.29 is 0 Å². The summed E-state index contributed by atoms with van der Waals surface area (Å²) in [5.74, 6) is 0. The van der Waals surface area contributed by atoms with Gasteiger partial charge in [0.15, 0.2) is 0 Å². The highest BCUT2D eigenvalue weighted by molar-refractivity contribution is 6.27. The molecule has 360 valence electrons. The van der Waals surface area contributed by atoms with Crippen LogP contribution in [0.2, 0.25) is 0 Å². The number of nitriles is 2. The third-order valence-electron chi connectivity index (χ3n) is 16.8. The van der Waals surface area contributed by atoms with Crippen LogP contribution in [0.25, 0.3) is 170 Å². The van der Waals surface area contributed by atoms with E-state index in [9.17, 15) is 10.5 Å². The van der Waals surface area contributed by atoms with Crippen LogP contribution >= 0.6 is 0 Å². The summed E-state index contributed by atoms with van der Waals surface area (Å²) < 4.78 is 6.75. The molecule has 0 aliphatic carbocycles. The lowest BCUT2D eigenvalue weighted by atomic mass is 9.95. The number of aromatic nitrogens is 7. The highest BCUT2D eigenvalue weighted by Crippen LogP contribution is 2.43. The Morgan fingerprint density at radius 3 is 1.46 bits per heavy atom. The number of rotatable bonds is 2. The number of hydrogen-bond donors (Lipinski definition) is 0. The number of hydrogen-bond acceptors (Lipinski definition) is 6. The van der Waals surface area contributed by atoms with Crippen LogP contribution in [-0.2, 0) is 0 Å². The standard InChI is InChI=1S/C70H35N9/c71-36-45-32-54-61(35-46(45)37-72)79-63-34-42(21-28-57(63)75-69(79)52-24-15-38-8-1-2-9-47(38)65(52)54)40-17-23-49-44(31-40)19-26-53-66(49)67-60(14-7-29-73-67)78-62-33-41(20-27-56(62)76-70(53)78)39-16-22-48-43(30-39)18-25-51-64(48)50-10-3-5-12-58(50)77-59-13-6-4-11-55(59)74-68(51)77/h1-35H. The fraction of sp³-hybridized carbons (Fsp3) is 0. The number of pyridine rings is 4. The van der Waals surface area contributed by atoms with E-state index in [-0.39, 0.29) is 0 Å². The van der Waals surface area contributed by atoms with E-state index in [0.29, 0.717) is 11.1 Å². The zero-order valence-electron chi connectivity index (χ0n) is 41.7. The summed E-state index contributed by atoms with van der Waals surface area (Å²) in [4.78, 5) is 20.9. The fourth-order valence-electron chi connectivity index (χ4n) is 13.3. The molecule has 0 unspecified atom stereocenters. The van der Waals surface area contributed by atoms with Crippen LogP contribution in [0.15, 0.2) is 212 Å². The molecule has 0 fully saturated rings. The Morgan fingerprint density at radius 1 is 0.304 bits per heavy atom. The Hall–Kier alpha value is -11.3. The number of benzene rings is 11. The predicted molar refractivity (Wildman–Crippen MR) is 321 cm³/mol. The maximum absolute atomic E-state index is 10.2. The highest BCUT2D eigenvalue weighted by atomic mass is 15.0. The lowest BCUT2D eigenvalue weighted by Gasteiger charge is -2.13. The van der Waals surface area contributed by atoms with Gasteiger partial charge in [-0.15, -0.1) is 0 Å². The Bertz CT molecular complexity index is 5970. The topological polar surface area (TPSA) is 112 Å². The smallest absolute Gasteiger partial charge is 0.146 e. The van der Waals surface area contributed by atoms with Gasteiger partial charge in [-0.2, -0.15) is 10.5 Å². The molecule has 11 aromatic carbocycles. The summed E-state index contributed by atoms with van der Waals surface area (Å²) in [7, 11) is 0. The molecule has 0 atom stereocenters. The van der Waals surface area contributed by atoms with Crippen LogP contribution in [0.4, 0.5) is 0 Å². The summed E-state index contributed by atoms with van der Waals surface area (Å²) in [6.45, 7) is 0. The quantitative estimate of drug-likeness (QED) is 0.159. The third-order valence-corrected chi connectivity index (χ3v) is 16.8. The van der Waals surface area contributed by atoms with Crippen molar-refractivity contribution in [2.24, 2.45) is 0 Å². The first-order chi connectivity index (χ1) is 39.1. The SMILES string of the molecule is N#Cc1cc2c3c4ccccc4ccc3c3nc4ccc(-c5ccc6c(ccc7c6c6ncccc6n6c8cc(-c9ccc%10c(ccc%11c%10c%10ccccc%10n%10c%12ccccc%12nc%11%10)c9)ccc8nc76)c5)cc4n3c2cc1C#N. The Kier molecular flexibility index (Phi) is 8.09. The van der Waals surface area contributed by atoms with Gasteiger partial charge in [0, 0.05) is 49.3 Å². The Morgan fingerprint density at radius 2 is 0.772 bits per heavy atom. The van der Waals surface area contributed by atoms with Crippen molar-refractivity contribution in [1.29, 1.82) is 10.5 Å². The van der Waals surface area contributed by atoms with E-state index in [1.54, 1.807) is 0 Å². The van der Waals surface area contributed by atoms with E-state index >= 15 is 0 Å². The van der Waals surface area contributed by atoms with Crippen molar-refractivity contribution >= 4 is 148 Å². The molecule has 0 bridgehead atoms. The molecular formula is C70H35N9. The molecular weight excluding hydrogens is 967 g/mol. The maximum Gasteiger partial charge on any atom is 0.146 e. The zero-order valence-corrected chi connectivity index (χ0v) is 41.7. The molecule has 9 nitrogen and oxygen atoms in total. The second kappa shape index (κ2) is 15.2. The third kappa shape index (κ3) is 5.59. The first kappa shape index (κ1) is 42.0. The second-order valence-corrected chi connectivity index (χ2v) is 20.8. The van der Waals surface area contributed by atoms with Gasteiger partial charge in [-0.3, -0.25) is 18.2 Å². The molecule has 18 aromatic rings. The molecule has 0 radical (unpaired) electrons. The molecule has 0 saturated heterocycles. The van der Waals surface area contributed by atoms with Gasteiger partial charge in [0.05, 0.1) is 66.3 Å². The molecule has 0 saturated carbocycles. The molecule has 0 amide bonds. The summed E-state index contributed by atoms with van der Waals surface area (Å²) >= 11 is 0. The van der Waals surface area contributed by atoms with Gasteiger partial charge in [0.25, 0.3) is 0 Å². The number of imidazole rings is 3.